The fourth-order valence-electron chi connectivity index (χ4n) is 3.04. The number of carboxylic acids is 1. The maximum absolute atomic E-state index is 12.8. The molecule has 0 heterocycles. The van der Waals surface area contributed by atoms with Gasteiger partial charge in [0.25, 0.3) is 0 Å². The van der Waals surface area contributed by atoms with Gasteiger partial charge in [-0.1, -0.05) is 0 Å². The molecule has 0 bridgehead atoms. The third kappa shape index (κ3) is 3.05. The van der Waals surface area contributed by atoms with Gasteiger partial charge in [0.05, 0.1) is 0 Å². The van der Waals surface area contributed by atoms with Crippen molar-refractivity contribution in [2.75, 3.05) is 0 Å². The van der Waals surface area contributed by atoms with E-state index >= 15 is 0 Å². The largest absolute Gasteiger partial charge is 0.507 e. The van der Waals surface area contributed by atoms with Crippen LogP contribution in [0.25, 0.3) is 0 Å². The van der Waals surface area contributed by atoms with Gasteiger partial charge in [-0.3, -0.25) is 0 Å². The molecule has 2 aromatic rings. The molecule has 0 atom stereocenters. The van der Waals surface area contributed by atoms with Crippen LogP contribution in [0.5, 0.6) is 23.0 Å². The van der Waals surface area contributed by atoms with E-state index in [9.17, 15) is 30.0 Å². The Bertz CT molecular complexity index is 929. The van der Waals surface area contributed by atoms with Crippen LogP contribution < -0.4 is 4.74 Å². The van der Waals surface area contributed by atoms with Crippen LogP contribution in [-0.2, 0) is 0 Å². The molecule has 0 saturated heterocycles. The molecule has 0 unspecified atom stereocenters. The summed E-state index contributed by atoms with van der Waals surface area (Å²) in [6, 6.07) is 0. The molecule has 7 heteroatoms. The number of rotatable bonds is 3. The number of hydrogen-bond acceptors (Lipinski definition) is 6. The van der Waals surface area contributed by atoms with E-state index in [1.54, 1.807) is 20.8 Å². The number of phenols is 3. The Morgan fingerprint density at radius 3 is 1.63 bits per heavy atom. The Hall–Kier alpha value is -3.22. The Balaban J connectivity index is 2.64. The van der Waals surface area contributed by atoms with Crippen molar-refractivity contribution in [3.05, 3.63) is 44.5 Å². The van der Waals surface area contributed by atoms with Gasteiger partial charge in [0, 0.05) is 11.1 Å². The Morgan fingerprint density at radius 1 is 0.630 bits per heavy atom. The van der Waals surface area contributed by atoms with Crippen molar-refractivity contribution in [1.82, 2.24) is 0 Å². The number of carboxylic acid groups (broad SMARTS) is 1. The minimum Gasteiger partial charge on any atom is -0.507 e. The molecule has 0 aliphatic carbocycles. The zero-order valence-corrected chi connectivity index (χ0v) is 16.0. The second-order valence-electron chi connectivity index (χ2n) is 6.57. The van der Waals surface area contributed by atoms with E-state index in [-0.39, 0.29) is 45.1 Å². The number of carbonyl (C=O) groups excluding carboxylic acids is 1. The molecular weight excluding hydrogens is 352 g/mol. The highest BCUT2D eigenvalue weighted by Gasteiger charge is 2.27. The zero-order valence-electron chi connectivity index (χ0n) is 16.0. The number of carbonyl (C=O) groups is 2. The lowest BCUT2D eigenvalue weighted by atomic mass is 9.96. The van der Waals surface area contributed by atoms with Gasteiger partial charge in [0.15, 0.2) is 0 Å². The van der Waals surface area contributed by atoms with E-state index < -0.39 is 17.7 Å². The average molecular weight is 374 g/mol. The van der Waals surface area contributed by atoms with Crippen LogP contribution in [0.4, 0.5) is 0 Å². The monoisotopic (exact) mass is 374 g/mol. The van der Waals surface area contributed by atoms with Crippen molar-refractivity contribution < 1.29 is 34.8 Å². The Labute approximate surface area is 156 Å². The topological polar surface area (TPSA) is 124 Å². The highest BCUT2D eigenvalue weighted by molar-refractivity contribution is 5.98. The van der Waals surface area contributed by atoms with Crippen molar-refractivity contribution in [2.24, 2.45) is 0 Å². The van der Waals surface area contributed by atoms with Crippen LogP contribution in [0.1, 0.15) is 54.1 Å². The van der Waals surface area contributed by atoms with Crippen LogP contribution in [-0.4, -0.2) is 32.4 Å². The van der Waals surface area contributed by atoms with Crippen LogP contribution in [0.3, 0.4) is 0 Å². The quantitative estimate of drug-likeness (QED) is 0.478. The number of esters is 1. The number of aromatic carboxylic acids is 1. The van der Waals surface area contributed by atoms with E-state index in [0.717, 1.165) is 0 Å². The van der Waals surface area contributed by atoms with Gasteiger partial charge in [-0.2, -0.15) is 0 Å². The van der Waals surface area contributed by atoms with E-state index in [4.69, 9.17) is 4.74 Å². The molecule has 7 nitrogen and oxygen atoms in total. The Morgan fingerprint density at radius 2 is 1.11 bits per heavy atom. The molecule has 0 amide bonds. The fourth-order valence-corrected chi connectivity index (χ4v) is 3.04. The molecule has 2 rings (SSSR count). The number of hydrogen-bond donors (Lipinski definition) is 4. The van der Waals surface area contributed by atoms with Crippen molar-refractivity contribution in [3.63, 3.8) is 0 Å². The smallest absolute Gasteiger partial charge is 0.347 e. The summed E-state index contributed by atoms with van der Waals surface area (Å²) in [7, 11) is 0. The maximum atomic E-state index is 12.8. The first-order valence-corrected chi connectivity index (χ1v) is 8.21. The number of ether oxygens (including phenoxy) is 1. The first-order chi connectivity index (χ1) is 12.4. The normalized spacial score (nSPS) is 10.7. The third-order valence-corrected chi connectivity index (χ3v) is 5.06. The molecule has 4 N–H and O–H groups in total. The summed E-state index contributed by atoms with van der Waals surface area (Å²) < 4.78 is 5.44. The van der Waals surface area contributed by atoms with Crippen molar-refractivity contribution in [2.45, 2.75) is 41.5 Å². The van der Waals surface area contributed by atoms with Gasteiger partial charge in [0.1, 0.15) is 34.1 Å². The maximum Gasteiger partial charge on any atom is 0.347 e. The van der Waals surface area contributed by atoms with Crippen LogP contribution >= 0.6 is 0 Å². The van der Waals surface area contributed by atoms with Gasteiger partial charge in [-0.05, 0) is 63.8 Å². The molecule has 0 fully saturated rings. The first-order valence-electron chi connectivity index (χ1n) is 8.21. The first kappa shape index (κ1) is 20.1. The lowest BCUT2D eigenvalue weighted by Gasteiger charge is -2.19. The molecule has 0 aliphatic rings. The van der Waals surface area contributed by atoms with Crippen molar-refractivity contribution >= 4 is 11.9 Å². The number of benzene rings is 2. The fraction of sp³-hybridized carbons (Fsp3) is 0.300. The lowest BCUT2D eigenvalue weighted by molar-refractivity contribution is 0.0692. The summed E-state index contributed by atoms with van der Waals surface area (Å²) in [5.74, 6) is -3.10. The summed E-state index contributed by atoms with van der Waals surface area (Å²) in [6.45, 7) is 9.19. The molecular formula is C20H22O7. The van der Waals surface area contributed by atoms with Crippen LogP contribution in [0.2, 0.25) is 0 Å². The molecule has 0 aromatic heterocycles. The zero-order chi connectivity index (χ0) is 20.8. The van der Waals surface area contributed by atoms with E-state index in [0.29, 0.717) is 16.7 Å². The average Bonchev–Trinajstić information content (AvgIpc) is 2.60. The summed E-state index contributed by atoms with van der Waals surface area (Å²) in [5.41, 5.74) is 1.37. The van der Waals surface area contributed by atoms with Crippen molar-refractivity contribution in [1.29, 1.82) is 0 Å². The highest BCUT2D eigenvalue weighted by Crippen LogP contribution is 2.40. The third-order valence-electron chi connectivity index (χ3n) is 5.06. The predicted molar refractivity (Wildman–Crippen MR) is 98.2 cm³/mol. The Kier molecular flexibility index (Phi) is 5.08. The van der Waals surface area contributed by atoms with Gasteiger partial charge < -0.3 is 25.2 Å². The second kappa shape index (κ2) is 6.83. The molecule has 27 heavy (non-hydrogen) atoms. The number of aromatic hydroxyl groups is 3. The molecule has 0 aliphatic heterocycles. The molecule has 144 valence electrons. The van der Waals surface area contributed by atoms with Crippen LogP contribution in [0, 0.1) is 41.5 Å². The van der Waals surface area contributed by atoms with Gasteiger partial charge in [-0.15, -0.1) is 0 Å². The summed E-state index contributed by atoms with van der Waals surface area (Å²) >= 11 is 0. The standard InChI is InChI=1S/C20H22O7/c1-7-9(3)15(21)11(5)16(22)14(7)20(26)27-18-10(4)8(2)13(19(24)25)17(23)12(18)6/h21-23H,1-6H3,(H,24,25). The number of phenolic OH excluding ortho intramolecular Hbond substituents is 2. The van der Waals surface area contributed by atoms with Gasteiger partial charge in [-0.25, -0.2) is 9.59 Å². The highest BCUT2D eigenvalue weighted by atomic mass is 16.5. The van der Waals surface area contributed by atoms with Crippen LogP contribution in [0.15, 0.2) is 0 Å². The minimum absolute atomic E-state index is 0.0298. The van der Waals surface area contributed by atoms with Crippen molar-refractivity contribution in [3.8, 4) is 23.0 Å². The molecule has 2 aromatic carbocycles. The lowest BCUT2D eigenvalue weighted by Crippen LogP contribution is -2.15. The van der Waals surface area contributed by atoms with E-state index in [1.165, 1.54) is 20.8 Å². The van der Waals surface area contributed by atoms with E-state index in [1.807, 2.05) is 0 Å². The van der Waals surface area contributed by atoms with Gasteiger partial charge >= 0.3 is 11.9 Å². The summed E-state index contributed by atoms with van der Waals surface area (Å²) in [6.07, 6.45) is 0. The second-order valence-corrected chi connectivity index (χ2v) is 6.57. The minimum atomic E-state index is -1.28. The summed E-state index contributed by atoms with van der Waals surface area (Å²) in [5, 5.41) is 39.8. The predicted octanol–water partition coefficient (Wildman–Crippen LogP) is 3.57. The molecule has 0 radical (unpaired) electrons. The molecule has 0 spiro atoms. The van der Waals surface area contributed by atoms with E-state index in [2.05, 4.69) is 0 Å². The molecule has 0 saturated carbocycles. The SMILES string of the molecule is Cc1c(C)c(C(=O)Oc2c(C)c(C)c(C(=O)O)c(O)c2C)c(O)c(C)c1O. The van der Waals surface area contributed by atoms with Gasteiger partial charge in [0.2, 0.25) is 0 Å². The summed E-state index contributed by atoms with van der Waals surface area (Å²) in [4.78, 5) is 24.1.